The molecule has 0 radical (unpaired) electrons. The monoisotopic (exact) mass is 544 g/mol. The molecule has 2 atom stereocenters. The zero-order chi connectivity index (χ0) is 24.6. The Labute approximate surface area is 223 Å². The normalized spacial score (nSPS) is 19.8. The van der Waals surface area contributed by atoms with Crippen molar-refractivity contribution in [1.82, 2.24) is 5.32 Å². The van der Waals surface area contributed by atoms with E-state index in [0.717, 1.165) is 22.6 Å². The van der Waals surface area contributed by atoms with Crippen molar-refractivity contribution >= 4 is 69.2 Å². The Hall–Kier alpha value is -1.88. The maximum atomic E-state index is 11.8. The minimum atomic E-state index is -0.187. The fourth-order valence-electron chi connectivity index (χ4n) is 3.72. The van der Waals surface area contributed by atoms with E-state index in [4.69, 9.17) is 11.1 Å². The van der Waals surface area contributed by atoms with E-state index in [1.54, 1.807) is 0 Å². The van der Waals surface area contributed by atoms with Crippen LogP contribution < -0.4 is 11.1 Å². The summed E-state index contributed by atoms with van der Waals surface area (Å²) < 4.78 is 0. The quantitative estimate of drug-likeness (QED) is 0.256. The van der Waals surface area contributed by atoms with Gasteiger partial charge in [0.15, 0.2) is 10.3 Å². The van der Waals surface area contributed by atoms with Crippen LogP contribution in [0.15, 0.2) is 63.3 Å². The number of benzene rings is 2. The Morgan fingerprint density at radius 1 is 0.829 bits per heavy atom. The molecule has 2 aromatic carbocycles. The average Bonchev–Trinajstić information content (AvgIpc) is 3.33. The van der Waals surface area contributed by atoms with Gasteiger partial charge in [0, 0.05) is 9.79 Å². The van der Waals surface area contributed by atoms with Crippen molar-refractivity contribution in [3.05, 3.63) is 59.7 Å². The molecule has 2 aliphatic heterocycles. The number of hydrogen-bond donors (Lipinski definition) is 3. The molecule has 0 aliphatic carbocycles. The summed E-state index contributed by atoms with van der Waals surface area (Å²) in [5, 5.41) is 10.4. The maximum Gasteiger partial charge on any atom is 0.261 e. The van der Waals surface area contributed by atoms with Crippen molar-refractivity contribution in [3.8, 4) is 0 Å². The van der Waals surface area contributed by atoms with E-state index >= 15 is 0 Å². The van der Waals surface area contributed by atoms with Crippen molar-refractivity contribution in [2.75, 3.05) is 11.5 Å². The number of carbonyl (C=O) groups is 2. The first-order valence-corrected chi connectivity index (χ1v) is 15.2. The van der Waals surface area contributed by atoms with E-state index < -0.39 is 0 Å². The number of nitrogens with one attached hydrogen (secondary N) is 2. The third-order valence-electron chi connectivity index (χ3n) is 5.56. The highest BCUT2D eigenvalue weighted by Gasteiger charge is 2.29. The number of amidine groups is 2. The predicted octanol–water partition coefficient (Wildman–Crippen LogP) is 4.95. The highest BCUT2D eigenvalue weighted by atomic mass is 32.2. The van der Waals surface area contributed by atoms with Crippen LogP contribution in [0.5, 0.6) is 0 Å². The van der Waals surface area contributed by atoms with E-state index in [9.17, 15) is 9.59 Å². The number of carbonyl (C=O) groups excluding carboxylic acids is 2. The molecule has 1 fully saturated rings. The fourth-order valence-corrected chi connectivity index (χ4v) is 7.29. The molecule has 2 amide bonds. The van der Waals surface area contributed by atoms with Crippen LogP contribution in [0.25, 0.3) is 0 Å². The third-order valence-corrected chi connectivity index (χ3v) is 9.75. The van der Waals surface area contributed by atoms with Gasteiger partial charge < -0.3 is 11.1 Å². The van der Waals surface area contributed by atoms with E-state index in [2.05, 4.69) is 58.8 Å². The molecule has 2 unspecified atom stereocenters. The molecule has 0 spiro atoms. The molecule has 1 saturated heterocycles. The molecule has 4 rings (SSSR count). The Bertz CT molecular complexity index is 1090. The number of hydrogen-bond acceptors (Lipinski definition) is 8. The lowest BCUT2D eigenvalue weighted by Crippen LogP contribution is -2.25. The van der Waals surface area contributed by atoms with Crippen LogP contribution in [0.4, 0.5) is 0 Å². The second-order valence-electron chi connectivity index (χ2n) is 8.27. The smallest absolute Gasteiger partial charge is 0.261 e. The first kappa shape index (κ1) is 26.2. The number of nitrogens with two attached hydrogens (primary N) is 1. The molecule has 35 heavy (non-hydrogen) atoms. The van der Waals surface area contributed by atoms with Gasteiger partial charge in [-0.3, -0.25) is 15.0 Å². The summed E-state index contributed by atoms with van der Waals surface area (Å²) in [7, 11) is 0. The second-order valence-corrected chi connectivity index (χ2v) is 13.0. The molecule has 2 aromatic rings. The van der Waals surface area contributed by atoms with Gasteiger partial charge in [-0.2, -0.15) is 4.99 Å². The first-order valence-electron chi connectivity index (χ1n) is 11.5. The SMILES string of the molecule is N=C1NC(=O)C(Cc2ccc(SCCCCCSc3ccc(CC4SC(N)=NC4=O)cc3)cc2)S1. The van der Waals surface area contributed by atoms with Crippen LogP contribution >= 0.6 is 47.0 Å². The van der Waals surface area contributed by atoms with Crippen molar-refractivity contribution < 1.29 is 9.59 Å². The zero-order valence-electron chi connectivity index (χ0n) is 19.2. The summed E-state index contributed by atoms with van der Waals surface area (Å²) >= 11 is 6.40. The number of thioether (sulfide) groups is 4. The number of aliphatic imine (C=N–C) groups is 1. The lowest BCUT2D eigenvalue weighted by atomic mass is 10.1. The first-order chi connectivity index (χ1) is 17.0. The predicted molar refractivity (Wildman–Crippen MR) is 151 cm³/mol. The highest BCUT2D eigenvalue weighted by Crippen LogP contribution is 2.27. The van der Waals surface area contributed by atoms with Gasteiger partial charge in [0.25, 0.3) is 5.91 Å². The molecule has 2 heterocycles. The summed E-state index contributed by atoms with van der Waals surface area (Å²) in [6.07, 6.45) is 4.91. The van der Waals surface area contributed by atoms with Gasteiger partial charge in [-0.25, -0.2) is 0 Å². The van der Waals surface area contributed by atoms with E-state index in [0.29, 0.717) is 18.0 Å². The number of unbranched alkanes of at least 4 members (excludes halogenated alkanes) is 2. The minimum absolute atomic E-state index is 0.0636. The summed E-state index contributed by atoms with van der Waals surface area (Å²) in [5.41, 5.74) is 7.90. The van der Waals surface area contributed by atoms with Gasteiger partial charge >= 0.3 is 0 Å². The maximum absolute atomic E-state index is 11.8. The van der Waals surface area contributed by atoms with Crippen molar-refractivity contribution in [3.63, 3.8) is 0 Å². The van der Waals surface area contributed by atoms with Gasteiger partial charge in [-0.05, 0) is 72.6 Å². The molecule has 10 heteroatoms. The van der Waals surface area contributed by atoms with Gasteiger partial charge in [0.2, 0.25) is 5.91 Å². The van der Waals surface area contributed by atoms with E-state index in [1.165, 1.54) is 52.6 Å². The molecule has 0 saturated carbocycles. The van der Waals surface area contributed by atoms with Crippen LogP contribution in [-0.4, -0.2) is 44.2 Å². The summed E-state index contributed by atoms with van der Waals surface area (Å²) in [4.78, 5) is 29.8. The molecule has 0 aromatic heterocycles. The van der Waals surface area contributed by atoms with Crippen LogP contribution in [0.2, 0.25) is 0 Å². The number of rotatable bonds is 12. The van der Waals surface area contributed by atoms with Gasteiger partial charge in [0.05, 0.1) is 10.5 Å². The molecule has 4 N–H and O–H groups in total. The summed E-state index contributed by atoms with van der Waals surface area (Å²) in [6, 6.07) is 16.9. The second kappa shape index (κ2) is 12.9. The average molecular weight is 545 g/mol. The number of nitrogens with zero attached hydrogens (tertiary/aromatic N) is 1. The van der Waals surface area contributed by atoms with Crippen LogP contribution in [0.1, 0.15) is 30.4 Å². The van der Waals surface area contributed by atoms with Crippen molar-refractivity contribution in [2.45, 2.75) is 52.4 Å². The van der Waals surface area contributed by atoms with Gasteiger partial charge in [-0.1, -0.05) is 54.2 Å². The summed E-state index contributed by atoms with van der Waals surface area (Å²) in [5.74, 6) is 2.01. The molecular formula is C25H28N4O2S4. The van der Waals surface area contributed by atoms with E-state index in [-0.39, 0.29) is 27.5 Å². The standard InChI is InChI=1S/C25H28N4O2S4/c26-24-28-22(30)20(34-24)14-16-4-8-18(9-5-16)32-12-2-1-3-13-33-19-10-6-17(7-11-19)15-21-23(31)29-25(27)35-21/h4-11,20-21H,1-3,12-15H2,(H2,26,28,30)(H2,27,29,31). The highest BCUT2D eigenvalue weighted by molar-refractivity contribution is 8.15. The van der Waals surface area contributed by atoms with Crippen molar-refractivity contribution in [1.29, 1.82) is 5.41 Å². The molecular weight excluding hydrogens is 517 g/mol. The van der Waals surface area contributed by atoms with Crippen LogP contribution in [-0.2, 0) is 22.4 Å². The van der Waals surface area contributed by atoms with E-state index in [1.807, 2.05) is 23.5 Å². The fraction of sp³-hybridized carbons (Fsp3) is 0.360. The van der Waals surface area contributed by atoms with Crippen LogP contribution in [0.3, 0.4) is 0 Å². The Morgan fingerprint density at radius 2 is 1.37 bits per heavy atom. The van der Waals surface area contributed by atoms with Crippen molar-refractivity contribution in [2.24, 2.45) is 10.7 Å². The molecule has 184 valence electrons. The molecule has 6 nitrogen and oxygen atoms in total. The lowest BCUT2D eigenvalue weighted by Gasteiger charge is -2.08. The Balaban J connectivity index is 1.06. The van der Waals surface area contributed by atoms with Gasteiger partial charge in [0.1, 0.15) is 0 Å². The summed E-state index contributed by atoms with van der Waals surface area (Å²) in [6.45, 7) is 0. The molecule has 0 bridgehead atoms. The number of amides is 2. The minimum Gasteiger partial charge on any atom is -0.378 e. The Kier molecular flexibility index (Phi) is 9.65. The largest absolute Gasteiger partial charge is 0.378 e. The third kappa shape index (κ3) is 8.06. The van der Waals surface area contributed by atoms with Gasteiger partial charge in [-0.15, -0.1) is 23.5 Å². The Morgan fingerprint density at radius 3 is 1.83 bits per heavy atom. The molecule has 2 aliphatic rings. The zero-order valence-corrected chi connectivity index (χ0v) is 22.5. The topological polar surface area (TPSA) is 108 Å². The lowest BCUT2D eigenvalue weighted by molar-refractivity contribution is -0.119. The van der Waals surface area contributed by atoms with Crippen LogP contribution in [0, 0.1) is 5.41 Å².